The highest BCUT2D eigenvalue weighted by Crippen LogP contribution is 2.20. The van der Waals surface area contributed by atoms with Crippen LogP contribution >= 0.6 is 11.6 Å². The second-order valence-corrected chi connectivity index (χ2v) is 5.66. The summed E-state index contributed by atoms with van der Waals surface area (Å²) in [6, 6.07) is 15.9. The first-order valence-corrected chi connectivity index (χ1v) is 7.85. The van der Waals surface area contributed by atoms with E-state index in [9.17, 15) is 0 Å². The van der Waals surface area contributed by atoms with Crippen LogP contribution in [-0.2, 0) is 6.42 Å². The number of aryl methyl sites for hydroxylation is 1. The number of benzene rings is 2. The normalized spacial score (nSPS) is 10.5. The lowest BCUT2D eigenvalue weighted by molar-refractivity contribution is 0.928. The Hall–Kier alpha value is -2.46. The Balaban J connectivity index is 1.69. The minimum Gasteiger partial charge on any atom is -0.353 e. The molecule has 1 aromatic heterocycles. The van der Waals surface area contributed by atoms with Gasteiger partial charge in [-0.2, -0.15) is 5.10 Å². The summed E-state index contributed by atoms with van der Waals surface area (Å²) in [6.45, 7) is 2.75. The van der Waals surface area contributed by atoms with E-state index in [4.69, 9.17) is 11.6 Å². The van der Waals surface area contributed by atoms with E-state index in [-0.39, 0.29) is 0 Å². The molecule has 5 heteroatoms. The number of hydrogen-bond acceptors (Lipinski definition) is 4. The summed E-state index contributed by atoms with van der Waals surface area (Å²) in [5.41, 5.74) is 4.15. The summed E-state index contributed by atoms with van der Waals surface area (Å²) in [4.78, 5) is 4.54. The average molecular weight is 325 g/mol. The highest BCUT2D eigenvalue weighted by Gasteiger charge is 2.06. The first-order chi connectivity index (χ1) is 11.2. The molecule has 0 amide bonds. The van der Waals surface area contributed by atoms with Gasteiger partial charge in [-0.15, -0.1) is 5.10 Å². The van der Waals surface area contributed by atoms with Crippen LogP contribution in [-0.4, -0.2) is 21.7 Å². The molecule has 116 valence electrons. The van der Waals surface area contributed by atoms with E-state index in [1.54, 1.807) is 6.20 Å². The van der Waals surface area contributed by atoms with Crippen molar-refractivity contribution < 1.29 is 0 Å². The van der Waals surface area contributed by atoms with Crippen molar-refractivity contribution in [3.8, 4) is 11.3 Å². The summed E-state index contributed by atoms with van der Waals surface area (Å²) in [5, 5.41) is 12.1. The lowest BCUT2D eigenvalue weighted by Gasteiger charge is -2.08. The largest absolute Gasteiger partial charge is 0.353 e. The van der Waals surface area contributed by atoms with E-state index in [0.717, 1.165) is 33.8 Å². The number of anilines is 1. The van der Waals surface area contributed by atoms with Gasteiger partial charge in [0.25, 0.3) is 0 Å². The molecule has 23 heavy (non-hydrogen) atoms. The molecule has 0 aliphatic heterocycles. The number of halogens is 1. The van der Waals surface area contributed by atoms with Gasteiger partial charge < -0.3 is 5.32 Å². The van der Waals surface area contributed by atoms with E-state index >= 15 is 0 Å². The molecule has 0 saturated heterocycles. The van der Waals surface area contributed by atoms with Gasteiger partial charge in [-0.1, -0.05) is 54.1 Å². The Morgan fingerprint density at radius 2 is 1.83 bits per heavy atom. The molecule has 1 heterocycles. The van der Waals surface area contributed by atoms with Gasteiger partial charge in [-0.05, 0) is 30.5 Å². The maximum atomic E-state index is 6.16. The first-order valence-electron chi connectivity index (χ1n) is 7.47. The lowest BCUT2D eigenvalue weighted by Crippen LogP contribution is -2.09. The third-order valence-corrected chi connectivity index (χ3v) is 3.98. The molecule has 0 radical (unpaired) electrons. The topological polar surface area (TPSA) is 50.7 Å². The second-order valence-electron chi connectivity index (χ2n) is 5.25. The van der Waals surface area contributed by atoms with E-state index in [0.29, 0.717) is 12.5 Å². The zero-order chi connectivity index (χ0) is 16.1. The van der Waals surface area contributed by atoms with Gasteiger partial charge in [0.05, 0.1) is 11.9 Å². The molecule has 3 rings (SSSR count). The van der Waals surface area contributed by atoms with E-state index in [1.165, 1.54) is 0 Å². The minimum atomic E-state index is 0.526. The van der Waals surface area contributed by atoms with Crippen LogP contribution in [0.25, 0.3) is 11.3 Å². The molecular formula is C18H17ClN4. The fourth-order valence-corrected chi connectivity index (χ4v) is 2.61. The van der Waals surface area contributed by atoms with Gasteiger partial charge in [0.15, 0.2) is 0 Å². The van der Waals surface area contributed by atoms with Crippen molar-refractivity contribution in [2.45, 2.75) is 13.3 Å². The standard InChI is InChI=1S/C18H17ClN4/c1-13-6-2-4-8-15(13)17-12-21-23-18(22-17)20-11-10-14-7-3-5-9-16(14)19/h2-9,12H,10-11H2,1H3,(H,20,22,23). The number of nitrogens with one attached hydrogen (secondary N) is 1. The maximum absolute atomic E-state index is 6.16. The molecule has 0 aliphatic carbocycles. The lowest BCUT2D eigenvalue weighted by atomic mass is 10.1. The van der Waals surface area contributed by atoms with Crippen LogP contribution in [0, 0.1) is 6.92 Å². The van der Waals surface area contributed by atoms with Crippen molar-refractivity contribution in [3.63, 3.8) is 0 Å². The van der Waals surface area contributed by atoms with Gasteiger partial charge in [0, 0.05) is 17.1 Å². The van der Waals surface area contributed by atoms with Crippen molar-refractivity contribution in [2.24, 2.45) is 0 Å². The number of aromatic nitrogens is 3. The fourth-order valence-electron chi connectivity index (χ4n) is 2.38. The molecule has 1 N–H and O–H groups in total. The number of hydrogen-bond donors (Lipinski definition) is 1. The monoisotopic (exact) mass is 324 g/mol. The van der Waals surface area contributed by atoms with Crippen molar-refractivity contribution in [1.82, 2.24) is 15.2 Å². The quantitative estimate of drug-likeness (QED) is 0.765. The van der Waals surface area contributed by atoms with Gasteiger partial charge in [0.1, 0.15) is 0 Å². The Morgan fingerprint density at radius 1 is 1.04 bits per heavy atom. The predicted molar refractivity (Wildman–Crippen MR) is 93.6 cm³/mol. The average Bonchev–Trinajstić information content (AvgIpc) is 2.57. The van der Waals surface area contributed by atoms with Crippen LogP contribution in [0.3, 0.4) is 0 Å². The molecule has 0 unspecified atom stereocenters. The second kappa shape index (κ2) is 7.20. The van der Waals surface area contributed by atoms with Crippen LogP contribution < -0.4 is 5.32 Å². The van der Waals surface area contributed by atoms with Gasteiger partial charge >= 0.3 is 0 Å². The highest BCUT2D eigenvalue weighted by atomic mass is 35.5. The van der Waals surface area contributed by atoms with Crippen LogP contribution in [0.15, 0.2) is 54.7 Å². The van der Waals surface area contributed by atoms with Gasteiger partial charge in [-0.25, -0.2) is 4.98 Å². The molecule has 0 saturated carbocycles. The summed E-state index contributed by atoms with van der Waals surface area (Å²) in [7, 11) is 0. The van der Waals surface area contributed by atoms with Crippen LogP contribution in [0.5, 0.6) is 0 Å². The Bertz CT molecular complexity index is 804. The molecular weight excluding hydrogens is 308 g/mol. The zero-order valence-electron chi connectivity index (χ0n) is 12.8. The summed E-state index contributed by atoms with van der Waals surface area (Å²) in [5.74, 6) is 0.526. The third-order valence-electron chi connectivity index (χ3n) is 3.62. The molecule has 2 aromatic carbocycles. The molecule has 3 aromatic rings. The molecule has 0 fully saturated rings. The van der Waals surface area contributed by atoms with E-state index < -0.39 is 0 Å². The van der Waals surface area contributed by atoms with Gasteiger partial charge in [-0.3, -0.25) is 0 Å². The van der Waals surface area contributed by atoms with Crippen molar-refractivity contribution in [2.75, 3.05) is 11.9 Å². The number of rotatable bonds is 5. The summed E-state index contributed by atoms with van der Waals surface area (Å²) < 4.78 is 0. The molecule has 4 nitrogen and oxygen atoms in total. The van der Waals surface area contributed by atoms with E-state index in [2.05, 4.69) is 33.5 Å². The maximum Gasteiger partial charge on any atom is 0.243 e. The van der Waals surface area contributed by atoms with E-state index in [1.807, 2.05) is 42.5 Å². The Labute approximate surface area is 140 Å². The van der Waals surface area contributed by atoms with Crippen molar-refractivity contribution in [1.29, 1.82) is 0 Å². The van der Waals surface area contributed by atoms with Crippen LogP contribution in [0.4, 0.5) is 5.95 Å². The molecule has 0 atom stereocenters. The minimum absolute atomic E-state index is 0.526. The zero-order valence-corrected chi connectivity index (χ0v) is 13.6. The highest BCUT2D eigenvalue weighted by molar-refractivity contribution is 6.31. The Kier molecular flexibility index (Phi) is 4.83. The fraction of sp³-hybridized carbons (Fsp3) is 0.167. The third kappa shape index (κ3) is 3.85. The van der Waals surface area contributed by atoms with Crippen LogP contribution in [0.1, 0.15) is 11.1 Å². The van der Waals surface area contributed by atoms with Crippen molar-refractivity contribution >= 4 is 17.5 Å². The first kappa shape index (κ1) is 15.4. The SMILES string of the molecule is Cc1ccccc1-c1cnnc(NCCc2ccccc2Cl)n1. The summed E-state index contributed by atoms with van der Waals surface area (Å²) in [6.07, 6.45) is 2.49. The predicted octanol–water partition coefficient (Wildman–Crippen LogP) is 4.16. The van der Waals surface area contributed by atoms with Crippen LogP contribution in [0.2, 0.25) is 5.02 Å². The summed E-state index contributed by atoms with van der Waals surface area (Å²) >= 11 is 6.16. The molecule has 0 spiro atoms. The van der Waals surface area contributed by atoms with Crippen molar-refractivity contribution in [3.05, 3.63) is 70.9 Å². The molecule has 0 bridgehead atoms. The molecule has 0 aliphatic rings. The Morgan fingerprint density at radius 3 is 2.65 bits per heavy atom. The van der Waals surface area contributed by atoms with Gasteiger partial charge in [0.2, 0.25) is 5.95 Å². The number of nitrogens with zero attached hydrogens (tertiary/aromatic N) is 3. The smallest absolute Gasteiger partial charge is 0.243 e.